The predicted octanol–water partition coefficient (Wildman–Crippen LogP) is 1.23. The van der Waals surface area contributed by atoms with Crippen LogP contribution in [0.15, 0.2) is 0 Å². The van der Waals surface area contributed by atoms with Crippen LogP contribution in [0.5, 0.6) is 0 Å². The Labute approximate surface area is 103 Å². The number of likely N-dealkylation sites (N-methyl/N-ethyl adjacent to an activating group) is 2. The molecule has 0 aromatic heterocycles. The Balaban J connectivity index is 2.00. The molecule has 0 N–H and O–H groups in total. The van der Waals surface area contributed by atoms with E-state index in [9.17, 15) is 4.79 Å². The molecule has 0 spiro atoms. The van der Waals surface area contributed by atoms with E-state index in [1.807, 2.05) is 7.05 Å². The number of hydrogen-bond acceptors (Lipinski definition) is 3. The van der Waals surface area contributed by atoms with Crippen molar-refractivity contribution in [2.45, 2.75) is 37.6 Å². The summed E-state index contributed by atoms with van der Waals surface area (Å²) in [5, 5.41) is 9.05. The van der Waals surface area contributed by atoms with Crippen LogP contribution in [0, 0.1) is 16.7 Å². The van der Waals surface area contributed by atoms with Gasteiger partial charge >= 0.3 is 0 Å². The van der Waals surface area contributed by atoms with Crippen molar-refractivity contribution >= 4 is 5.91 Å². The summed E-state index contributed by atoms with van der Waals surface area (Å²) in [5.74, 6) is 0.0214. The molecule has 2 aliphatic rings. The van der Waals surface area contributed by atoms with E-state index >= 15 is 0 Å². The number of amides is 1. The van der Waals surface area contributed by atoms with Gasteiger partial charge in [-0.25, -0.2) is 0 Å². The number of nitriles is 1. The van der Waals surface area contributed by atoms with Crippen LogP contribution in [0.2, 0.25) is 0 Å². The molecule has 0 radical (unpaired) electrons. The zero-order valence-electron chi connectivity index (χ0n) is 11.0. The monoisotopic (exact) mass is 235 g/mol. The minimum Gasteiger partial charge on any atom is -0.343 e. The van der Waals surface area contributed by atoms with Crippen LogP contribution in [0.1, 0.15) is 32.1 Å². The fourth-order valence-corrected chi connectivity index (χ4v) is 2.71. The molecule has 2 aliphatic carbocycles. The highest BCUT2D eigenvalue weighted by Crippen LogP contribution is 2.47. The molecule has 0 saturated heterocycles. The van der Waals surface area contributed by atoms with Gasteiger partial charge in [0.1, 0.15) is 5.41 Å². The maximum Gasteiger partial charge on any atom is 0.242 e. The van der Waals surface area contributed by atoms with Crippen LogP contribution >= 0.6 is 0 Å². The van der Waals surface area contributed by atoms with Crippen molar-refractivity contribution in [3.8, 4) is 6.07 Å². The average Bonchev–Trinajstić information content (AvgIpc) is 3.02. The minimum absolute atomic E-state index is 0.0214. The Hall–Kier alpha value is -1.08. The summed E-state index contributed by atoms with van der Waals surface area (Å²) in [5.41, 5.74) is -0.526. The summed E-state index contributed by atoms with van der Waals surface area (Å²) >= 11 is 0. The quantitative estimate of drug-likeness (QED) is 0.736. The maximum atomic E-state index is 12.2. The maximum absolute atomic E-state index is 12.2. The molecule has 2 fully saturated rings. The average molecular weight is 235 g/mol. The SMILES string of the molecule is CN(CC1(N(C)C)CCC1)C(=O)C1(C#N)CC1. The second kappa shape index (κ2) is 3.99. The van der Waals surface area contributed by atoms with Gasteiger partial charge in [0.2, 0.25) is 5.91 Å². The van der Waals surface area contributed by atoms with Crippen molar-refractivity contribution in [2.75, 3.05) is 27.7 Å². The summed E-state index contributed by atoms with van der Waals surface area (Å²) < 4.78 is 0. The molecule has 17 heavy (non-hydrogen) atoms. The topological polar surface area (TPSA) is 47.3 Å². The molecule has 0 heterocycles. The van der Waals surface area contributed by atoms with E-state index in [1.165, 1.54) is 6.42 Å². The third-order valence-electron chi connectivity index (χ3n) is 4.48. The first kappa shape index (κ1) is 12.4. The third-order valence-corrected chi connectivity index (χ3v) is 4.48. The van der Waals surface area contributed by atoms with Gasteiger partial charge in [-0.3, -0.25) is 4.79 Å². The lowest BCUT2D eigenvalue weighted by molar-refractivity contribution is -0.136. The van der Waals surface area contributed by atoms with Crippen molar-refractivity contribution in [1.82, 2.24) is 9.80 Å². The highest BCUT2D eigenvalue weighted by Gasteiger charge is 2.53. The van der Waals surface area contributed by atoms with Crippen molar-refractivity contribution in [1.29, 1.82) is 5.26 Å². The lowest BCUT2D eigenvalue weighted by Gasteiger charge is -2.49. The van der Waals surface area contributed by atoms with Gasteiger partial charge in [-0.2, -0.15) is 5.26 Å². The molecule has 94 valence electrons. The molecule has 4 heteroatoms. The van der Waals surface area contributed by atoms with Gasteiger partial charge in [0.15, 0.2) is 0 Å². The molecule has 1 amide bonds. The van der Waals surface area contributed by atoms with Crippen LogP contribution in [-0.4, -0.2) is 48.9 Å². The zero-order valence-corrected chi connectivity index (χ0v) is 11.0. The molecule has 0 aromatic carbocycles. The van der Waals surface area contributed by atoms with Crippen molar-refractivity contribution in [3.63, 3.8) is 0 Å². The van der Waals surface area contributed by atoms with E-state index in [0.717, 1.165) is 32.2 Å². The first-order valence-corrected chi connectivity index (χ1v) is 6.30. The van der Waals surface area contributed by atoms with E-state index in [1.54, 1.807) is 4.90 Å². The van der Waals surface area contributed by atoms with Gasteiger partial charge < -0.3 is 9.80 Å². The minimum atomic E-state index is -0.675. The fraction of sp³-hybridized carbons (Fsp3) is 0.846. The molecule has 2 rings (SSSR count). The second-order valence-electron chi connectivity index (χ2n) is 5.83. The summed E-state index contributed by atoms with van der Waals surface area (Å²) in [6.07, 6.45) is 5.02. The molecule has 0 unspecified atom stereocenters. The van der Waals surface area contributed by atoms with Crippen LogP contribution in [0.4, 0.5) is 0 Å². The van der Waals surface area contributed by atoms with E-state index < -0.39 is 5.41 Å². The van der Waals surface area contributed by atoms with Crippen LogP contribution < -0.4 is 0 Å². The van der Waals surface area contributed by atoms with Crippen LogP contribution in [0.25, 0.3) is 0 Å². The van der Waals surface area contributed by atoms with Gasteiger partial charge in [0, 0.05) is 19.1 Å². The first-order chi connectivity index (χ1) is 7.96. The number of carbonyl (C=O) groups is 1. The lowest BCUT2D eigenvalue weighted by atomic mass is 9.75. The van der Waals surface area contributed by atoms with Gasteiger partial charge in [0.25, 0.3) is 0 Å². The summed E-state index contributed by atoms with van der Waals surface area (Å²) in [6.45, 7) is 0.752. The van der Waals surface area contributed by atoms with Crippen molar-refractivity contribution in [3.05, 3.63) is 0 Å². The van der Waals surface area contributed by atoms with Gasteiger partial charge in [-0.05, 0) is 46.2 Å². The fourth-order valence-electron chi connectivity index (χ4n) is 2.71. The van der Waals surface area contributed by atoms with Crippen molar-refractivity contribution < 1.29 is 4.79 Å². The molecular weight excluding hydrogens is 214 g/mol. The summed E-state index contributed by atoms with van der Waals surface area (Å²) in [4.78, 5) is 16.2. The molecule has 0 atom stereocenters. The Morgan fingerprint density at radius 2 is 1.82 bits per heavy atom. The van der Waals surface area contributed by atoms with E-state index in [2.05, 4.69) is 25.1 Å². The first-order valence-electron chi connectivity index (χ1n) is 6.30. The lowest BCUT2D eigenvalue weighted by Crippen LogP contribution is -2.58. The Morgan fingerprint density at radius 1 is 1.24 bits per heavy atom. The van der Waals surface area contributed by atoms with E-state index in [4.69, 9.17) is 5.26 Å². The van der Waals surface area contributed by atoms with Crippen LogP contribution in [0.3, 0.4) is 0 Å². The summed E-state index contributed by atoms with van der Waals surface area (Å²) in [7, 11) is 5.99. The highest BCUT2D eigenvalue weighted by atomic mass is 16.2. The number of nitrogens with zero attached hydrogens (tertiary/aromatic N) is 3. The van der Waals surface area contributed by atoms with E-state index in [0.29, 0.717) is 0 Å². The predicted molar refractivity (Wildman–Crippen MR) is 65.2 cm³/mol. The molecule has 2 saturated carbocycles. The van der Waals surface area contributed by atoms with Crippen molar-refractivity contribution in [2.24, 2.45) is 5.41 Å². The standard InChI is InChI=1S/C13H21N3O/c1-15(2)13(5-4-6-13)10-16(3)11(17)12(9-14)7-8-12/h4-8,10H2,1-3H3. The molecule has 0 bridgehead atoms. The van der Waals surface area contributed by atoms with Gasteiger partial charge in [-0.1, -0.05) is 0 Å². The second-order valence-corrected chi connectivity index (χ2v) is 5.83. The normalized spacial score (nSPS) is 23.7. The Morgan fingerprint density at radius 3 is 2.12 bits per heavy atom. The van der Waals surface area contributed by atoms with Crippen LogP contribution in [-0.2, 0) is 4.79 Å². The Kier molecular flexibility index (Phi) is 2.90. The zero-order chi connectivity index (χ0) is 12.7. The third kappa shape index (κ3) is 1.93. The highest BCUT2D eigenvalue weighted by molar-refractivity contribution is 5.88. The van der Waals surface area contributed by atoms with Gasteiger partial charge in [0.05, 0.1) is 6.07 Å². The number of rotatable bonds is 4. The van der Waals surface area contributed by atoms with E-state index in [-0.39, 0.29) is 11.4 Å². The smallest absolute Gasteiger partial charge is 0.242 e. The Bertz CT molecular complexity index is 361. The number of carbonyl (C=O) groups excluding carboxylic acids is 1. The number of hydrogen-bond donors (Lipinski definition) is 0. The molecule has 0 aliphatic heterocycles. The molecule has 0 aromatic rings. The largest absolute Gasteiger partial charge is 0.343 e. The van der Waals surface area contributed by atoms with Gasteiger partial charge in [-0.15, -0.1) is 0 Å². The summed E-state index contributed by atoms with van der Waals surface area (Å²) in [6, 6.07) is 2.18. The molecule has 4 nitrogen and oxygen atoms in total. The molecular formula is C13H21N3O.